The van der Waals surface area contributed by atoms with E-state index in [1.165, 1.54) is 0 Å². The first kappa shape index (κ1) is 9.21. The summed E-state index contributed by atoms with van der Waals surface area (Å²) in [4.78, 5) is 0. The molecule has 3 rings (SSSR count). The molecule has 16 heavy (non-hydrogen) atoms. The highest BCUT2D eigenvalue weighted by Crippen LogP contribution is 2.36. The molecule has 1 N–H and O–H groups in total. The van der Waals surface area contributed by atoms with E-state index in [0.29, 0.717) is 0 Å². The number of nitrogens with one attached hydrogen (secondary N) is 1. The van der Waals surface area contributed by atoms with Crippen LogP contribution in [0.15, 0.2) is 40.8 Å². The van der Waals surface area contributed by atoms with Crippen LogP contribution in [0.5, 0.6) is 0 Å². The van der Waals surface area contributed by atoms with Crippen LogP contribution < -0.4 is 0 Å². The summed E-state index contributed by atoms with van der Waals surface area (Å²) in [6.45, 7) is 1.90. The van der Waals surface area contributed by atoms with Crippen molar-refractivity contribution < 1.29 is 9.15 Å². The quantitative estimate of drug-likeness (QED) is 0.791. The van der Waals surface area contributed by atoms with Crippen molar-refractivity contribution in [3.63, 3.8) is 0 Å². The summed E-state index contributed by atoms with van der Waals surface area (Å²) in [6.07, 6.45) is -0.266. The lowest BCUT2D eigenvalue weighted by molar-refractivity contribution is 0.215. The molecule has 0 fully saturated rings. The van der Waals surface area contributed by atoms with Gasteiger partial charge in [-0.05, 0) is 25.1 Å². The van der Waals surface area contributed by atoms with Gasteiger partial charge in [-0.25, -0.2) is 0 Å². The van der Waals surface area contributed by atoms with E-state index >= 15 is 0 Å². The molecule has 0 amide bonds. The average molecular weight is 213 g/mol. The normalized spacial score (nSPS) is 18.3. The van der Waals surface area contributed by atoms with Crippen molar-refractivity contribution in [1.82, 2.24) is 0 Å². The van der Waals surface area contributed by atoms with Gasteiger partial charge in [0.1, 0.15) is 11.5 Å². The van der Waals surface area contributed by atoms with Crippen LogP contribution in [0.25, 0.3) is 0 Å². The van der Waals surface area contributed by atoms with Gasteiger partial charge >= 0.3 is 0 Å². The highest BCUT2D eigenvalue weighted by Gasteiger charge is 2.31. The van der Waals surface area contributed by atoms with E-state index in [1.54, 1.807) is 0 Å². The zero-order valence-electron chi connectivity index (χ0n) is 8.86. The summed E-state index contributed by atoms with van der Waals surface area (Å²) in [6, 6.07) is 11.5. The maximum absolute atomic E-state index is 7.75. The summed E-state index contributed by atoms with van der Waals surface area (Å²) < 4.78 is 11.1. The predicted molar refractivity (Wildman–Crippen MR) is 59.6 cm³/mol. The van der Waals surface area contributed by atoms with Gasteiger partial charge in [-0.15, -0.1) is 0 Å². The minimum Gasteiger partial charge on any atom is -0.462 e. The summed E-state index contributed by atoms with van der Waals surface area (Å²) in [5.41, 5.74) is 1.85. The SMILES string of the molecule is Cc1ccc(C2OC(=N)c3ccccc32)o1. The smallest absolute Gasteiger partial charge is 0.214 e. The van der Waals surface area contributed by atoms with Crippen molar-refractivity contribution in [2.75, 3.05) is 0 Å². The molecule has 1 aliphatic heterocycles. The fourth-order valence-electron chi connectivity index (χ4n) is 1.98. The molecule has 2 heterocycles. The van der Waals surface area contributed by atoms with Gasteiger partial charge in [-0.3, -0.25) is 5.41 Å². The molecule has 0 spiro atoms. The van der Waals surface area contributed by atoms with E-state index in [1.807, 2.05) is 43.3 Å². The summed E-state index contributed by atoms with van der Waals surface area (Å²) in [5, 5.41) is 7.75. The summed E-state index contributed by atoms with van der Waals surface area (Å²) in [5.74, 6) is 1.83. The van der Waals surface area contributed by atoms with Gasteiger partial charge < -0.3 is 9.15 Å². The highest BCUT2D eigenvalue weighted by atomic mass is 16.5. The molecule has 3 nitrogen and oxygen atoms in total. The van der Waals surface area contributed by atoms with Crippen molar-refractivity contribution >= 4 is 5.90 Å². The third kappa shape index (κ3) is 1.25. The monoisotopic (exact) mass is 213 g/mol. The van der Waals surface area contributed by atoms with Crippen LogP contribution in [0.4, 0.5) is 0 Å². The van der Waals surface area contributed by atoms with Crippen LogP contribution in [0.3, 0.4) is 0 Å². The zero-order valence-corrected chi connectivity index (χ0v) is 8.86. The Labute approximate surface area is 93.2 Å². The summed E-state index contributed by atoms with van der Waals surface area (Å²) in [7, 11) is 0. The molecule has 0 aliphatic carbocycles. The highest BCUT2D eigenvalue weighted by molar-refractivity contribution is 5.96. The molecule has 3 heteroatoms. The van der Waals surface area contributed by atoms with Gasteiger partial charge in [0, 0.05) is 11.1 Å². The van der Waals surface area contributed by atoms with Gasteiger partial charge in [0.05, 0.1) is 0 Å². The molecule has 1 atom stereocenters. The minimum atomic E-state index is -0.266. The number of furan rings is 1. The van der Waals surface area contributed by atoms with Crippen molar-refractivity contribution in [2.24, 2.45) is 0 Å². The average Bonchev–Trinajstić information content (AvgIpc) is 2.84. The van der Waals surface area contributed by atoms with E-state index < -0.39 is 0 Å². The van der Waals surface area contributed by atoms with Crippen molar-refractivity contribution in [3.8, 4) is 0 Å². The number of hydrogen-bond acceptors (Lipinski definition) is 3. The molecule has 0 saturated carbocycles. The Balaban J connectivity index is 2.10. The fourth-order valence-corrected chi connectivity index (χ4v) is 1.98. The molecule has 0 radical (unpaired) electrons. The standard InChI is InChI=1S/C13H11NO2/c1-8-6-7-11(15-8)12-9-4-2-3-5-10(9)13(14)16-12/h2-7,12,14H,1H3. The maximum atomic E-state index is 7.75. The lowest BCUT2D eigenvalue weighted by Gasteiger charge is -2.07. The molecule has 1 unspecified atom stereocenters. The van der Waals surface area contributed by atoms with Crippen LogP contribution in [0, 0.1) is 12.3 Å². The van der Waals surface area contributed by atoms with E-state index in [0.717, 1.165) is 22.6 Å². The lowest BCUT2D eigenvalue weighted by atomic mass is 10.0. The number of fused-ring (bicyclic) bond motifs is 1. The molecule has 0 saturated heterocycles. The lowest BCUT2D eigenvalue weighted by Crippen LogP contribution is -1.98. The number of rotatable bonds is 1. The molecular weight excluding hydrogens is 202 g/mol. The van der Waals surface area contributed by atoms with E-state index in [9.17, 15) is 0 Å². The predicted octanol–water partition coefficient (Wildman–Crippen LogP) is 3.03. The molecule has 1 aliphatic rings. The van der Waals surface area contributed by atoms with Gasteiger partial charge in [0.15, 0.2) is 6.10 Å². The van der Waals surface area contributed by atoms with Crippen molar-refractivity contribution in [1.29, 1.82) is 5.41 Å². The molecule has 1 aromatic heterocycles. The zero-order chi connectivity index (χ0) is 11.1. The Bertz CT molecular complexity index is 557. The first-order valence-electron chi connectivity index (χ1n) is 5.16. The third-order valence-electron chi connectivity index (χ3n) is 2.74. The second kappa shape index (κ2) is 3.23. The second-order valence-electron chi connectivity index (χ2n) is 3.86. The summed E-state index contributed by atoms with van der Waals surface area (Å²) >= 11 is 0. The minimum absolute atomic E-state index is 0.217. The number of aryl methyl sites for hydroxylation is 1. The molecule has 1 aromatic carbocycles. The number of hydrogen-bond donors (Lipinski definition) is 1. The molecule has 80 valence electrons. The largest absolute Gasteiger partial charge is 0.462 e. The van der Waals surface area contributed by atoms with Gasteiger partial charge in [0.25, 0.3) is 0 Å². The Morgan fingerprint density at radius 3 is 2.69 bits per heavy atom. The van der Waals surface area contributed by atoms with Crippen LogP contribution in [-0.4, -0.2) is 5.90 Å². The van der Waals surface area contributed by atoms with Crippen molar-refractivity contribution in [3.05, 3.63) is 59.0 Å². The first-order valence-corrected chi connectivity index (χ1v) is 5.16. The first-order chi connectivity index (χ1) is 7.75. The third-order valence-corrected chi connectivity index (χ3v) is 2.74. The van der Waals surface area contributed by atoms with Gasteiger partial charge in [-0.2, -0.15) is 0 Å². The van der Waals surface area contributed by atoms with Crippen LogP contribution >= 0.6 is 0 Å². The fraction of sp³-hybridized carbons (Fsp3) is 0.154. The molecule has 2 aromatic rings. The van der Waals surface area contributed by atoms with Gasteiger partial charge in [0.2, 0.25) is 5.90 Å². The Morgan fingerprint density at radius 2 is 1.94 bits per heavy atom. The number of benzene rings is 1. The van der Waals surface area contributed by atoms with Crippen LogP contribution in [-0.2, 0) is 4.74 Å². The number of ether oxygens (including phenoxy) is 1. The maximum Gasteiger partial charge on any atom is 0.214 e. The Hall–Kier alpha value is -2.03. The molecule has 0 bridgehead atoms. The molecular formula is C13H11NO2. The Morgan fingerprint density at radius 1 is 1.12 bits per heavy atom. The van der Waals surface area contributed by atoms with Gasteiger partial charge in [-0.1, -0.05) is 18.2 Å². The van der Waals surface area contributed by atoms with E-state index in [2.05, 4.69) is 0 Å². The van der Waals surface area contributed by atoms with Crippen LogP contribution in [0.2, 0.25) is 0 Å². The van der Waals surface area contributed by atoms with E-state index in [-0.39, 0.29) is 12.0 Å². The topological polar surface area (TPSA) is 46.2 Å². The van der Waals surface area contributed by atoms with E-state index in [4.69, 9.17) is 14.6 Å². The van der Waals surface area contributed by atoms with Crippen molar-refractivity contribution in [2.45, 2.75) is 13.0 Å². The van der Waals surface area contributed by atoms with Crippen LogP contribution in [0.1, 0.15) is 28.8 Å². The second-order valence-corrected chi connectivity index (χ2v) is 3.86. The Kier molecular flexibility index (Phi) is 1.86.